The van der Waals surface area contributed by atoms with Crippen LogP contribution in [0.1, 0.15) is 77.6 Å². The van der Waals surface area contributed by atoms with Gasteiger partial charge in [0.25, 0.3) is 0 Å². The van der Waals surface area contributed by atoms with Gasteiger partial charge in [-0.15, -0.1) is 0 Å². The number of carbonyl (C=O) groups excluding carboxylic acids is 1. The van der Waals surface area contributed by atoms with Crippen LogP contribution < -0.4 is 0 Å². The van der Waals surface area contributed by atoms with E-state index < -0.39 is 5.97 Å². The number of carbonyl (C=O) groups is 2. The molecule has 0 bridgehead atoms. The van der Waals surface area contributed by atoms with Crippen molar-refractivity contribution in [3.8, 4) is 0 Å². The number of ketones is 1. The number of carboxylic acid groups (broad SMARTS) is 1. The van der Waals surface area contributed by atoms with Crippen LogP contribution >= 0.6 is 0 Å². The lowest BCUT2D eigenvalue weighted by atomic mass is 9.86. The molecule has 0 fully saturated rings. The second kappa shape index (κ2) is 10.6. The van der Waals surface area contributed by atoms with E-state index in [0.717, 1.165) is 44.9 Å². The Morgan fingerprint density at radius 1 is 1.05 bits per heavy atom. The quantitative estimate of drug-likeness (QED) is 0.528. The summed E-state index contributed by atoms with van der Waals surface area (Å²) in [4.78, 5) is 22.3. The second-order valence-corrected chi connectivity index (χ2v) is 6.23. The summed E-state index contributed by atoms with van der Waals surface area (Å²) in [6, 6.07) is 0. The van der Waals surface area contributed by atoms with Crippen LogP contribution in [-0.4, -0.2) is 16.9 Å². The number of rotatable bonds is 12. The zero-order valence-corrected chi connectivity index (χ0v) is 13.4. The maximum Gasteiger partial charge on any atom is 0.303 e. The molecule has 0 aromatic carbocycles. The molecule has 0 aromatic heterocycles. The van der Waals surface area contributed by atoms with Crippen molar-refractivity contribution in [2.45, 2.75) is 77.6 Å². The Labute approximate surface area is 128 Å². The largest absolute Gasteiger partial charge is 0.481 e. The van der Waals surface area contributed by atoms with E-state index in [0.29, 0.717) is 11.7 Å². The summed E-state index contributed by atoms with van der Waals surface area (Å²) in [6.07, 6.45) is 15.1. The minimum Gasteiger partial charge on any atom is -0.481 e. The molecule has 1 aliphatic rings. The summed E-state index contributed by atoms with van der Waals surface area (Å²) in [5.74, 6) is 0.312. The van der Waals surface area contributed by atoms with Gasteiger partial charge in [0.2, 0.25) is 0 Å². The van der Waals surface area contributed by atoms with Gasteiger partial charge in [0.15, 0.2) is 5.78 Å². The normalized spacial score (nSPS) is 21.1. The molecular weight excluding hydrogens is 264 g/mol. The highest BCUT2D eigenvalue weighted by Crippen LogP contribution is 2.31. The molecule has 1 N–H and O–H groups in total. The predicted octanol–water partition coefficient (Wildman–Crippen LogP) is 4.75. The van der Waals surface area contributed by atoms with Crippen molar-refractivity contribution in [2.24, 2.45) is 11.8 Å². The maximum absolute atomic E-state index is 11.9. The SMILES string of the molecule is CCCCCC1C=CC(=O)C1CCCCCCCC(=O)O. The first kappa shape index (κ1) is 17.9. The van der Waals surface area contributed by atoms with Crippen molar-refractivity contribution < 1.29 is 14.7 Å². The lowest BCUT2D eigenvalue weighted by molar-refractivity contribution is -0.137. The van der Waals surface area contributed by atoms with Gasteiger partial charge in [-0.25, -0.2) is 0 Å². The van der Waals surface area contributed by atoms with Crippen LogP contribution in [0.5, 0.6) is 0 Å². The Balaban J connectivity index is 2.11. The monoisotopic (exact) mass is 294 g/mol. The van der Waals surface area contributed by atoms with Gasteiger partial charge >= 0.3 is 5.97 Å². The third-order valence-corrected chi connectivity index (χ3v) is 4.44. The Hall–Kier alpha value is -1.12. The molecule has 0 saturated carbocycles. The number of carboxylic acids is 1. The van der Waals surface area contributed by atoms with E-state index >= 15 is 0 Å². The minimum absolute atomic E-state index is 0.223. The van der Waals surface area contributed by atoms with Gasteiger partial charge in [-0.05, 0) is 31.3 Å². The first-order valence-corrected chi connectivity index (χ1v) is 8.59. The number of unbranched alkanes of at least 4 members (excludes halogenated alkanes) is 6. The molecule has 2 atom stereocenters. The molecule has 3 nitrogen and oxygen atoms in total. The van der Waals surface area contributed by atoms with E-state index in [1.165, 1.54) is 19.3 Å². The van der Waals surface area contributed by atoms with E-state index in [2.05, 4.69) is 13.0 Å². The zero-order chi connectivity index (χ0) is 15.5. The highest BCUT2D eigenvalue weighted by Gasteiger charge is 2.28. The van der Waals surface area contributed by atoms with Gasteiger partial charge in [0.05, 0.1) is 0 Å². The van der Waals surface area contributed by atoms with Crippen LogP contribution in [0.4, 0.5) is 0 Å². The van der Waals surface area contributed by atoms with E-state index in [1.54, 1.807) is 6.08 Å². The third kappa shape index (κ3) is 7.45. The van der Waals surface area contributed by atoms with Crippen LogP contribution in [-0.2, 0) is 9.59 Å². The topological polar surface area (TPSA) is 54.4 Å². The molecule has 0 amide bonds. The molecule has 0 aromatic rings. The average molecular weight is 294 g/mol. The molecule has 1 rings (SSSR count). The van der Waals surface area contributed by atoms with Gasteiger partial charge in [-0.2, -0.15) is 0 Å². The number of hydrogen-bond acceptors (Lipinski definition) is 2. The highest BCUT2D eigenvalue weighted by atomic mass is 16.4. The standard InChI is InChI=1S/C18H30O3/c1-2-3-7-10-15-13-14-17(19)16(15)11-8-5-4-6-9-12-18(20)21/h13-16H,2-12H2,1H3,(H,20,21). The molecular formula is C18H30O3. The van der Waals surface area contributed by atoms with Gasteiger partial charge in [-0.3, -0.25) is 9.59 Å². The lowest BCUT2D eigenvalue weighted by Crippen LogP contribution is -2.16. The average Bonchev–Trinajstić information content (AvgIpc) is 2.79. The van der Waals surface area contributed by atoms with E-state index in [1.807, 2.05) is 0 Å². The highest BCUT2D eigenvalue weighted by molar-refractivity contribution is 5.94. The summed E-state index contributed by atoms with van der Waals surface area (Å²) < 4.78 is 0. The van der Waals surface area contributed by atoms with E-state index in [-0.39, 0.29) is 12.3 Å². The fourth-order valence-electron chi connectivity index (χ4n) is 3.14. The molecule has 0 saturated heterocycles. The molecule has 0 heterocycles. The van der Waals surface area contributed by atoms with Crippen LogP contribution in [0, 0.1) is 11.8 Å². The zero-order valence-electron chi connectivity index (χ0n) is 13.4. The molecule has 2 unspecified atom stereocenters. The van der Waals surface area contributed by atoms with E-state index in [9.17, 15) is 9.59 Å². The van der Waals surface area contributed by atoms with Crippen LogP contribution in [0.15, 0.2) is 12.2 Å². The number of allylic oxidation sites excluding steroid dienone is 2. The summed E-state index contributed by atoms with van der Waals surface area (Å²) in [7, 11) is 0. The molecule has 0 spiro atoms. The molecule has 120 valence electrons. The number of aliphatic carboxylic acids is 1. The Bertz CT molecular complexity index is 346. The summed E-state index contributed by atoms with van der Waals surface area (Å²) in [5, 5.41) is 8.56. The Kier molecular flexibility index (Phi) is 9.04. The van der Waals surface area contributed by atoms with Crippen LogP contribution in [0.3, 0.4) is 0 Å². The first-order chi connectivity index (χ1) is 10.1. The Morgan fingerprint density at radius 2 is 1.71 bits per heavy atom. The van der Waals surface area contributed by atoms with Gasteiger partial charge in [0.1, 0.15) is 0 Å². The van der Waals surface area contributed by atoms with Gasteiger partial charge < -0.3 is 5.11 Å². The van der Waals surface area contributed by atoms with Gasteiger partial charge in [0, 0.05) is 12.3 Å². The summed E-state index contributed by atoms with van der Waals surface area (Å²) in [5.41, 5.74) is 0. The fraction of sp³-hybridized carbons (Fsp3) is 0.778. The van der Waals surface area contributed by atoms with Gasteiger partial charge in [-0.1, -0.05) is 57.9 Å². The molecule has 3 heteroatoms. The lowest BCUT2D eigenvalue weighted by Gasteiger charge is -2.17. The maximum atomic E-state index is 11.9. The summed E-state index contributed by atoms with van der Waals surface area (Å²) >= 11 is 0. The predicted molar refractivity (Wildman–Crippen MR) is 85.2 cm³/mol. The minimum atomic E-state index is -0.701. The fourth-order valence-corrected chi connectivity index (χ4v) is 3.14. The van der Waals surface area contributed by atoms with Crippen molar-refractivity contribution in [2.75, 3.05) is 0 Å². The van der Waals surface area contributed by atoms with Crippen molar-refractivity contribution >= 4 is 11.8 Å². The van der Waals surface area contributed by atoms with Crippen molar-refractivity contribution in [1.29, 1.82) is 0 Å². The molecule has 1 aliphatic carbocycles. The van der Waals surface area contributed by atoms with Crippen molar-refractivity contribution in [3.05, 3.63) is 12.2 Å². The van der Waals surface area contributed by atoms with Crippen LogP contribution in [0.2, 0.25) is 0 Å². The van der Waals surface area contributed by atoms with E-state index in [4.69, 9.17) is 5.11 Å². The molecule has 0 radical (unpaired) electrons. The number of hydrogen-bond donors (Lipinski definition) is 1. The Morgan fingerprint density at radius 3 is 2.43 bits per heavy atom. The second-order valence-electron chi connectivity index (χ2n) is 6.23. The smallest absolute Gasteiger partial charge is 0.303 e. The third-order valence-electron chi connectivity index (χ3n) is 4.44. The van der Waals surface area contributed by atoms with Crippen molar-refractivity contribution in [3.63, 3.8) is 0 Å². The molecule has 21 heavy (non-hydrogen) atoms. The molecule has 0 aliphatic heterocycles. The summed E-state index contributed by atoms with van der Waals surface area (Å²) in [6.45, 7) is 2.21. The van der Waals surface area contributed by atoms with Crippen LogP contribution in [0.25, 0.3) is 0 Å². The first-order valence-electron chi connectivity index (χ1n) is 8.59. The van der Waals surface area contributed by atoms with Crippen molar-refractivity contribution in [1.82, 2.24) is 0 Å².